The molecule has 6 heteroatoms. The van der Waals surface area contributed by atoms with Gasteiger partial charge in [-0.15, -0.1) is 17.5 Å². The number of carbonyl (C=O) groups is 1. The van der Waals surface area contributed by atoms with E-state index in [2.05, 4.69) is 33.0 Å². The Labute approximate surface area is 171 Å². The number of amides is 1. The van der Waals surface area contributed by atoms with Crippen LogP contribution in [-0.4, -0.2) is 35.7 Å². The molecular formula is C22H25ClN4O. The summed E-state index contributed by atoms with van der Waals surface area (Å²) in [6, 6.07) is 15.8. The van der Waals surface area contributed by atoms with Gasteiger partial charge in [-0.3, -0.25) is 4.79 Å². The molecule has 1 fully saturated rings. The molecule has 3 aromatic rings. The van der Waals surface area contributed by atoms with Gasteiger partial charge in [-0.05, 0) is 50.9 Å². The molecule has 146 valence electrons. The highest BCUT2D eigenvalue weighted by molar-refractivity contribution is 5.98. The fraction of sp³-hybridized carbons (Fsp3) is 0.318. The van der Waals surface area contributed by atoms with Gasteiger partial charge in [0.05, 0.1) is 5.69 Å². The minimum atomic E-state index is -0.0280. The molecule has 1 amide bonds. The van der Waals surface area contributed by atoms with Gasteiger partial charge in [-0.25, -0.2) is 0 Å². The van der Waals surface area contributed by atoms with Crippen LogP contribution in [0.4, 0.5) is 0 Å². The maximum Gasteiger partial charge on any atom is 0.251 e. The number of fused-ring (bicyclic) bond motifs is 1. The van der Waals surface area contributed by atoms with E-state index in [1.807, 2.05) is 43.3 Å². The van der Waals surface area contributed by atoms with E-state index in [-0.39, 0.29) is 18.3 Å². The average molecular weight is 397 g/mol. The van der Waals surface area contributed by atoms with Gasteiger partial charge in [0.1, 0.15) is 5.69 Å². The molecular weight excluding hydrogens is 372 g/mol. The molecule has 0 radical (unpaired) electrons. The van der Waals surface area contributed by atoms with Crippen molar-refractivity contribution < 1.29 is 4.79 Å². The molecule has 0 aliphatic carbocycles. The number of carbonyl (C=O) groups excluding carboxylic acids is 1. The third kappa shape index (κ3) is 4.32. The molecule has 1 saturated heterocycles. The quantitative estimate of drug-likeness (QED) is 0.704. The zero-order valence-corrected chi connectivity index (χ0v) is 16.8. The normalized spacial score (nSPS) is 14.5. The highest BCUT2D eigenvalue weighted by Gasteiger charge is 2.15. The van der Waals surface area contributed by atoms with E-state index in [1.165, 1.54) is 0 Å². The highest BCUT2D eigenvalue weighted by Crippen LogP contribution is 2.27. The molecule has 2 N–H and O–H groups in total. The lowest BCUT2D eigenvalue weighted by Crippen LogP contribution is -2.35. The highest BCUT2D eigenvalue weighted by atomic mass is 35.5. The van der Waals surface area contributed by atoms with Crippen LogP contribution in [0.15, 0.2) is 48.5 Å². The van der Waals surface area contributed by atoms with Crippen LogP contribution in [0.3, 0.4) is 0 Å². The summed E-state index contributed by atoms with van der Waals surface area (Å²) < 4.78 is 0. The van der Waals surface area contributed by atoms with Crippen molar-refractivity contribution in [2.45, 2.75) is 19.8 Å². The predicted molar refractivity (Wildman–Crippen MR) is 115 cm³/mol. The van der Waals surface area contributed by atoms with Crippen LogP contribution < -0.4 is 10.6 Å². The minimum Gasteiger partial charge on any atom is -0.352 e. The molecule has 0 bridgehead atoms. The first-order chi connectivity index (χ1) is 13.2. The van der Waals surface area contributed by atoms with Crippen molar-refractivity contribution in [3.63, 3.8) is 0 Å². The van der Waals surface area contributed by atoms with E-state index in [4.69, 9.17) is 0 Å². The summed E-state index contributed by atoms with van der Waals surface area (Å²) in [5.41, 5.74) is 3.29. The van der Waals surface area contributed by atoms with Gasteiger partial charge in [0.2, 0.25) is 0 Å². The molecule has 2 aromatic carbocycles. The molecule has 1 aromatic heterocycles. The van der Waals surface area contributed by atoms with Gasteiger partial charge in [0.15, 0.2) is 0 Å². The topological polar surface area (TPSA) is 66.9 Å². The molecule has 5 nitrogen and oxygen atoms in total. The maximum absolute atomic E-state index is 12.6. The molecule has 28 heavy (non-hydrogen) atoms. The number of benzene rings is 2. The largest absolute Gasteiger partial charge is 0.352 e. The first-order valence-electron chi connectivity index (χ1n) is 9.54. The molecule has 0 saturated carbocycles. The van der Waals surface area contributed by atoms with E-state index >= 15 is 0 Å². The average Bonchev–Trinajstić information content (AvgIpc) is 2.73. The summed E-state index contributed by atoms with van der Waals surface area (Å²) in [6.07, 6.45) is 2.23. The van der Waals surface area contributed by atoms with Crippen LogP contribution in [0.5, 0.6) is 0 Å². The molecule has 0 unspecified atom stereocenters. The standard InChI is InChI=1S/C22H24N4O.ClH/c1-15-19-7-2-3-8-20(19)21(26-25-15)17-5-4-6-18(13-17)22(27)24-14-16-9-11-23-12-10-16;/h2-8,13,16,23H,9-12,14H2,1H3,(H,24,27);1H. The molecule has 4 rings (SSSR count). The lowest BCUT2D eigenvalue weighted by atomic mass is 9.98. The Kier molecular flexibility index (Phi) is 6.60. The third-order valence-electron chi connectivity index (χ3n) is 5.28. The van der Waals surface area contributed by atoms with Crippen LogP contribution in [0.1, 0.15) is 28.9 Å². The van der Waals surface area contributed by atoms with Gasteiger partial charge in [-0.2, -0.15) is 5.10 Å². The SMILES string of the molecule is Cc1nnc(-c2cccc(C(=O)NCC3CCNCC3)c2)c2ccccc12.Cl. The molecule has 0 spiro atoms. The second-order valence-corrected chi connectivity index (χ2v) is 7.16. The number of aryl methyl sites for hydroxylation is 1. The van der Waals surface area contributed by atoms with Gasteiger partial charge >= 0.3 is 0 Å². The number of piperidine rings is 1. The van der Waals surface area contributed by atoms with Crippen molar-refractivity contribution in [3.8, 4) is 11.3 Å². The fourth-order valence-electron chi connectivity index (χ4n) is 3.68. The van der Waals surface area contributed by atoms with Crippen molar-refractivity contribution >= 4 is 29.1 Å². The van der Waals surface area contributed by atoms with Crippen molar-refractivity contribution in [3.05, 3.63) is 59.8 Å². The Morgan fingerprint density at radius 1 is 1.07 bits per heavy atom. The van der Waals surface area contributed by atoms with Gasteiger partial charge in [0, 0.05) is 28.4 Å². The zero-order valence-electron chi connectivity index (χ0n) is 15.9. The number of rotatable bonds is 4. The third-order valence-corrected chi connectivity index (χ3v) is 5.28. The fourth-order valence-corrected chi connectivity index (χ4v) is 3.68. The van der Waals surface area contributed by atoms with Crippen molar-refractivity contribution in [2.75, 3.05) is 19.6 Å². The Morgan fingerprint density at radius 2 is 1.82 bits per heavy atom. The van der Waals surface area contributed by atoms with Crippen LogP contribution in [-0.2, 0) is 0 Å². The summed E-state index contributed by atoms with van der Waals surface area (Å²) in [5.74, 6) is 0.532. The first-order valence-corrected chi connectivity index (χ1v) is 9.54. The first kappa shape index (κ1) is 20.2. The number of nitrogens with one attached hydrogen (secondary N) is 2. The van der Waals surface area contributed by atoms with E-state index in [9.17, 15) is 4.79 Å². The van der Waals surface area contributed by atoms with Gasteiger partial charge in [-0.1, -0.05) is 36.4 Å². The number of nitrogens with zero attached hydrogens (tertiary/aromatic N) is 2. The van der Waals surface area contributed by atoms with Crippen LogP contribution >= 0.6 is 12.4 Å². The lowest BCUT2D eigenvalue weighted by Gasteiger charge is -2.22. The molecule has 1 aliphatic heterocycles. The Morgan fingerprint density at radius 3 is 2.61 bits per heavy atom. The van der Waals surface area contributed by atoms with Crippen molar-refractivity contribution in [1.82, 2.24) is 20.8 Å². The van der Waals surface area contributed by atoms with Crippen molar-refractivity contribution in [2.24, 2.45) is 5.92 Å². The summed E-state index contributed by atoms with van der Waals surface area (Å²) >= 11 is 0. The minimum absolute atomic E-state index is 0. The monoisotopic (exact) mass is 396 g/mol. The van der Waals surface area contributed by atoms with Crippen LogP contribution in [0.25, 0.3) is 22.0 Å². The van der Waals surface area contributed by atoms with Crippen LogP contribution in [0, 0.1) is 12.8 Å². The van der Waals surface area contributed by atoms with E-state index < -0.39 is 0 Å². The van der Waals surface area contributed by atoms with E-state index in [0.29, 0.717) is 11.5 Å². The summed E-state index contributed by atoms with van der Waals surface area (Å²) in [7, 11) is 0. The van der Waals surface area contributed by atoms with Gasteiger partial charge < -0.3 is 10.6 Å². The molecule has 2 heterocycles. The van der Waals surface area contributed by atoms with Crippen LogP contribution in [0.2, 0.25) is 0 Å². The maximum atomic E-state index is 12.6. The zero-order chi connectivity index (χ0) is 18.6. The predicted octanol–water partition coefficient (Wildman–Crippen LogP) is 3.76. The van der Waals surface area contributed by atoms with E-state index in [1.54, 1.807) is 0 Å². The smallest absolute Gasteiger partial charge is 0.251 e. The summed E-state index contributed by atoms with van der Waals surface area (Å²) in [5, 5.41) is 17.3. The van der Waals surface area contributed by atoms with Crippen molar-refractivity contribution in [1.29, 1.82) is 0 Å². The van der Waals surface area contributed by atoms with E-state index in [0.717, 1.165) is 60.2 Å². The Bertz CT molecular complexity index is 970. The number of hydrogen-bond acceptors (Lipinski definition) is 4. The lowest BCUT2D eigenvalue weighted by molar-refractivity contribution is 0.0944. The molecule has 1 aliphatic rings. The molecule has 0 atom stereocenters. The number of hydrogen-bond donors (Lipinski definition) is 2. The second kappa shape index (κ2) is 9.13. The Hall–Kier alpha value is -2.50. The summed E-state index contributed by atoms with van der Waals surface area (Å²) in [4.78, 5) is 12.6. The van der Waals surface area contributed by atoms with Gasteiger partial charge in [0.25, 0.3) is 5.91 Å². The second-order valence-electron chi connectivity index (χ2n) is 7.16. The summed E-state index contributed by atoms with van der Waals surface area (Å²) in [6.45, 7) is 4.77. The number of halogens is 1. The number of aromatic nitrogens is 2. The Balaban J connectivity index is 0.00000225.